The summed E-state index contributed by atoms with van der Waals surface area (Å²) in [6, 6.07) is 0. The molecule has 0 aromatic carbocycles. The summed E-state index contributed by atoms with van der Waals surface area (Å²) in [4.78, 5) is 0. The number of hydrogen-bond donors (Lipinski definition) is 3. The van der Waals surface area contributed by atoms with Crippen LogP contribution in [-0.2, 0) is 9.73 Å². The monoisotopic (exact) mass is 157 g/mol. The first kappa shape index (κ1) is 7.65. The highest BCUT2D eigenvalue weighted by molar-refractivity contribution is 8.18. The summed E-state index contributed by atoms with van der Waals surface area (Å²) in [5, 5.41) is 0. The van der Waals surface area contributed by atoms with Crippen molar-refractivity contribution in [2.45, 2.75) is 3.91 Å². The largest absolute Gasteiger partial charge is 0.251 e. The molecule has 0 rings (SSSR count). The molecular formula is C2H7NOS3. The molecule has 0 aromatic heterocycles. The van der Waals surface area contributed by atoms with E-state index in [9.17, 15) is 4.21 Å². The fourth-order valence-electron chi connectivity index (χ4n) is 0. The first-order valence-corrected chi connectivity index (χ1v) is 4.59. The normalized spacial score (nSPS) is 19.4. The minimum Gasteiger partial charge on any atom is -0.251 e. The van der Waals surface area contributed by atoms with Gasteiger partial charge in [-0.25, -0.2) is 4.21 Å². The van der Waals surface area contributed by atoms with Gasteiger partial charge >= 0.3 is 0 Å². The quantitative estimate of drug-likeness (QED) is 0.382. The van der Waals surface area contributed by atoms with Crippen LogP contribution in [0, 0.1) is 4.78 Å². The molecule has 0 fully saturated rings. The van der Waals surface area contributed by atoms with Gasteiger partial charge in [0.1, 0.15) is 3.91 Å². The molecule has 0 radical (unpaired) electrons. The van der Waals surface area contributed by atoms with E-state index in [0.29, 0.717) is 0 Å². The Hall–Kier alpha value is 0.650. The molecule has 0 aliphatic carbocycles. The van der Waals surface area contributed by atoms with Gasteiger partial charge in [0.2, 0.25) is 0 Å². The van der Waals surface area contributed by atoms with E-state index in [-0.39, 0.29) is 0 Å². The fourth-order valence-corrected chi connectivity index (χ4v) is 0. The molecule has 0 saturated carbocycles. The van der Waals surface area contributed by atoms with Crippen molar-refractivity contribution in [1.82, 2.24) is 0 Å². The van der Waals surface area contributed by atoms with Crippen LogP contribution >= 0.6 is 25.3 Å². The minimum absolute atomic E-state index is 0.618. The van der Waals surface area contributed by atoms with Gasteiger partial charge in [0.25, 0.3) is 0 Å². The maximum absolute atomic E-state index is 10.4. The minimum atomic E-state index is -2.51. The van der Waals surface area contributed by atoms with Crippen molar-refractivity contribution in [3.05, 3.63) is 0 Å². The number of rotatable bonds is 1. The SMILES string of the molecule is CS(=N)(=O)C(S)S. The Labute approximate surface area is 54.5 Å². The number of hydrogen-bond acceptors (Lipinski definition) is 4. The predicted octanol–water partition coefficient (Wildman–Crippen LogP) is 0.806. The van der Waals surface area contributed by atoms with Crippen LogP contribution in [0.4, 0.5) is 0 Å². The molecule has 0 aliphatic rings. The van der Waals surface area contributed by atoms with Crippen LogP contribution in [0.1, 0.15) is 0 Å². The number of nitrogens with one attached hydrogen (secondary N) is 1. The molecule has 0 amide bonds. The molecule has 44 valence electrons. The van der Waals surface area contributed by atoms with E-state index < -0.39 is 13.6 Å². The van der Waals surface area contributed by atoms with Crippen molar-refractivity contribution in [2.24, 2.45) is 0 Å². The van der Waals surface area contributed by atoms with Crippen LogP contribution in [0.2, 0.25) is 0 Å². The van der Waals surface area contributed by atoms with Gasteiger partial charge in [-0.05, 0) is 0 Å². The zero-order chi connectivity index (χ0) is 6.08. The van der Waals surface area contributed by atoms with E-state index in [1.165, 1.54) is 6.26 Å². The summed E-state index contributed by atoms with van der Waals surface area (Å²) in [6.07, 6.45) is 1.30. The first-order chi connectivity index (χ1) is 2.94. The van der Waals surface area contributed by atoms with Crippen molar-refractivity contribution >= 4 is 35.0 Å². The molecule has 0 bridgehead atoms. The summed E-state index contributed by atoms with van der Waals surface area (Å²) < 4.78 is 16.5. The lowest BCUT2D eigenvalue weighted by Gasteiger charge is -1.99. The Morgan fingerprint density at radius 2 is 1.86 bits per heavy atom. The second-order valence-electron chi connectivity index (χ2n) is 1.23. The van der Waals surface area contributed by atoms with Crippen LogP contribution in [-0.4, -0.2) is 14.4 Å². The highest BCUT2D eigenvalue weighted by Gasteiger charge is 2.03. The van der Waals surface area contributed by atoms with Gasteiger partial charge in [0.15, 0.2) is 0 Å². The van der Waals surface area contributed by atoms with Crippen molar-refractivity contribution in [3.8, 4) is 0 Å². The molecule has 2 nitrogen and oxygen atoms in total. The third-order valence-corrected chi connectivity index (χ3v) is 3.62. The van der Waals surface area contributed by atoms with Crippen LogP contribution in [0.3, 0.4) is 0 Å². The van der Waals surface area contributed by atoms with Crippen LogP contribution in [0.15, 0.2) is 0 Å². The highest BCUT2D eigenvalue weighted by Crippen LogP contribution is 2.07. The summed E-state index contributed by atoms with van der Waals surface area (Å²) in [5.74, 6) is 0. The lowest BCUT2D eigenvalue weighted by Crippen LogP contribution is -2.02. The molecule has 0 spiro atoms. The summed E-state index contributed by atoms with van der Waals surface area (Å²) in [6.45, 7) is 0. The Kier molecular flexibility index (Phi) is 2.49. The van der Waals surface area contributed by atoms with E-state index >= 15 is 0 Å². The van der Waals surface area contributed by atoms with Crippen LogP contribution < -0.4 is 0 Å². The highest BCUT2D eigenvalue weighted by atomic mass is 32.3. The Balaban J connectivity index is 4.10. The van der Waals surface area contributed by atoms with Crippen molar-refractivity contribution < 1.29 is 4.21 Å². The van der Waals surface area contributed by atoms with E-state index in [1.54, 1.807) is 0 Å². The molecule has 1 atom stereocenters. The topological polar surface area (TPSA) is 40.9 Å². The average molecular weight is 157 g/mol. The summed E-state index contributed by atoms with van der Waals surface area (Å²) in [7, 11) is -2.51. The predicted molar refractivity (Wildman–Crippen MR) is 38.5 cm³/mol. The Bertz CT molecular complexity index is 135. The molecular weight excluding hydrogens is 150 g/mol. The van der Waals surface area contributed by atoms with Gasteiger partial charge in [0.05, 0.1) is 9.73 Å². The number of thiol groups is 2. The average Bonchev–Trinajstić information content (AvgIpc) is 1.31. The van der Waals surface area contributed by atoms with Crippen molar-refractivity contribution in [1.29, 1.82) is 4.78 Å². The molecule has 0 heterocycles. The molecule has 1 N–H and O–H groups in total. The van der Waals surface area contributed by atoms with Gasteiger partial charge in [-0.15, -0.1) is 0 Å². The Morgan fingerprint density at radius 3 is 1.86 bits per heavy atom. The lowest BCUT2D eigenvalue weighted by atomic mass is 11.8. The van der Waals surface area contributed by atoms with Gasteiger partial charge in [-0.1, -0.05) is 0 Å². The van der Waals surface area contributed by atoms with Gasteiger partial charge in [-0.2, -0.15) is 25.3 Å². The zero-order valence-electron chi connectivity index (χ0n) is 3.79. The molecule has 0 aliphatic heterocycles. The molecule has 0 aromatic rings. The summed E-state index contributed by atoms with van der Waals surface area (Å²) >= 11 is 7.36. The third kappa shape index (κ3) is 3.25. The van der Waals surface area contributed by atoms with Gasteiger partial charge in [-0.3, -0.25) is 4.78 Å². The lowest BCUT2D eigenvalue weighted by molar-refractivity contribution is 0.681. The fraction of sp³-hybridized carbons (Fsp3) is 1.00. The maximum atomic E-state index is 10.4. The molecule has 1 unspecified atom stereocenters. The van der Waals surface area contributed by atoms with E-state index in [1.807, 2.05) is 0 Å². The van der Waals surface area contributed by atoms with E-state index in [4.69, 9.17) is 4.78 Å². The van der Waals surface area contributed by atoms with E-state index in [0.717, 1.165) is 0 Å². The van der Waals surface area contributed by atoms with Crippen molar-refractivity contribution in [2.75, 3.05) is 6.26 Å². The molecule has 0 saturated heterocycles. The van der Waals surface area contributed by atoms with Gasteiger partial charge < -0.3 is 0 Å². The van der Waals surface area contributed by atoms with E-state index in [2.05, 4.69) is 25.3 Å². The zero-order valence-corrected chi connectivity index (χ0v) is 6.39. The molecule has 7 heavy (non-hydrogen) atoms. The first-order valence-electron chi connectivity index (χ1n) is 1.53. The Morgan fingerprint density at radius 1 is 1.71 bits per heavy atom. The smallest absolute Gasteiger partial charge is 0.128 e. The standard InChI is InChI=1S/C2H7NOS3/c1-7(3,4)2(5)6/h2-3,5-6H,1H3. The summed E-state index contributed by atoms with van der Waals surface area (Å²) in [5.41, 5.74) is 0. The van der Waals surface area contributed by atoms with Gasteiger partial charge in [0, 0.05) is 6.26 Å². The van der Waals surface area contributed by atoms with Crippen LogP contribution in [0.5, 0.6) is 0 Å². The third-order valence-electron chi connectivity index (χ3n) is 0.402. The van der Waals surface area contributed by atoms with Crippen LogP contribution in [0.25, 0.3) is 0 Å². The molecule has 5 heteroatoms. The maximum Gasteiger partial charge on any atom is 0.128 e. The van der Waals surface area contributed by atoms with Crippen molar-refractivity contribution in [3.63, 3.8) is 0 Å². The second kappa shape index (κ2) is 2.28. The second-order valence-corrected chi connectivity index (χ2v) is 5.65.